The molecule has 0 bridgehead atoms. The van der Waals surface area contributed by atoms with Crippen LogP contribution in [0.3, 0.4) is 0 Å². The van der Waals surface area contributed by atoms with Crippen LogP contribution in [0.4, 0.5) is 5.69 Å². The molecule has 0 aliphatic heterocycles. The number of thiophene rings is 1. The predicted octanol–water partition coefficient (Wildman–Crippen LogP) is 5.97. The fourth-order valence-corrected chi connectivity index (χ4v) is 7.20. The van der Waals surface area contributed by atoms with Gasteiger partial charge in [-0.2, -0.15) is 0 Å². The van der Waals surface area contributed by atoms with E-state index < -0.39 is 5.25 Å². The van der Waals surface area contributed by atoms with E-state index in [1.165, 1.54) is 23.1 Å². The van der Waals surface area contributed by atoms with Gasteiger partial charge in [-0.05, 0) is 43.9 Å². The molecule has 0 spiro atoms. The Labute approximate surface area is 241 Å². The topological polar surface area (TPSA) is 102 Å². The van der Waals surface area contributed by atoms with Crippen molar-refractivity contribution in [2.24, 2.45) is 0 Å². The third-order valence-corrected chi connectivity index (χ3v) is 9.70. The van der Waals surface area contributed by atoms with Crippen LogP contribution in [-0.2, 0) is 16.1 Å². The molecule has 2 aromatic heterocycles. The Balaban J connectivity index is 1.40. The number of ether oxygens (including phenoxy) is 1. The van der Waals surface area contributed by atoms with Gasteiger partial charge >= 0.3 is 0 Å². The number of carbonyl (C=O) groups excluding carboxylic acids is 2. The summed E-state index contributed by atoms with van der Waals surface area (Å²) in [6.07, 6.45) is 5.78. The molecule has 10 heteroatoms. The first kappa shape index (κ1) is 28.2. The maximum Gasteiger partial charge on any atom is 0.272 e. The minimum Gasteiger partial charge on any atom is -0.497 e. The van der Waals surface area contributed by atoms with Crippen molar-refractivity contribution >= 4 is 60.9 Å². The zero-order chi connectivity index (χ0) is 28.1. The van der Waals surface area contributed by atoms with Crippen molar-refractivity contribution in [1.82, 2.24) is 14.9 Å². The smallest absolute Gasteiger partial charge is 0.272 e. The van der Waals surface area contributed by atoms with Crippen molar-refractivity contribution in [3.63, 3.8) is 0 Å². The second kappa shape index (κ2) is 12.9. The van der Waals surface area contributed by atoms with Gasteiger partial charge < -0.3 is 15.4 Å². The first-order valence-corrected chi connectivity index (χ1v) is 15.5. The van der Waals surface area contributed by atoms with Crippen molar-refractivity contribution < 1.29 is 14.3 Å². The lowest BCUT2D eigenvalue weighted by Gasteiger charge is -2.18. The zero-order valence-electron chi connectivity index (χ0n) is 22.8. The molecule has 2 heterocycles. The van der Waals surface area contributed by atoms with Crippen molar-refractivity contribution in [1.29, 1.82) is 0 Å². The lowest BCUT2D eigenvalue weighted by Crippen LogP contribution is -2.33. The van der Waals surface area contributed by atoms with Gasteiger partial charge in [-0.25, -0.2) is 4.98 Å². The Kier molecular flexibility index (Phi) is 9.06. The highest BCUT2D eigenvalue weighted by Gasteiger charge is 2.24. The summed E-state index contributed by atoms with van der Waals surface area (Å²) in [4.78, 5) is 44.6. The fourth-order valence-electron chi connectivity index (χ4n) is 5.08. The summed E-state index contributed by atoms with van der Waals surface area (Å²) in [7, 11) is 1.58. The average Bonchev–Trinajstić information content (AvgIpc) is 3.61. The number of fused-ring (bicyclic) bond motifs is 3. The van der Waals surface area contributed by atoms with Gasteiger partial charge in [-0.1, -0.05) is 55.8 Å². The van der Waals surface area contributed by atoms with E-state index in [-0.39, 0.29) is 23.4 Å². The Hall–Kier alpha value is -3.37. The van der Waals surface area contributed by atoms with Crippen LogP contribution in [0, 0.1) is 0 Å². The molecule has 1 aliphatic rings. The molecule has 1 aliphatic carbocycles. The number of nitrogens with zero attached hydrogens (tertiary/aromatic N) is 2. The van der Waals surface area contributed by atoms with Gasteiger partial charge in [0.2, 0.25) is 11.8 Å². The van der Waals surface area contributed by atoms with Crippen molar-refractivity contribution in [2.75, 3.05) is 12.4 Å². The van der Waals surface area contributed by atoms with E-state index in [0.717, 1.165) is 35.8 Å². The number of amides is 2. The third-order valence-electron chi connectivity index (χ3n) is 7.20. The van der Waals surface area contributed by atoms with Gasteiger partial charge in [-0.15, -0.1) is 11.3 Å². The van der Waals surface area contributed by atoms with Crippen LogP contribution in [0.25, 0.3) is 20.3 Å². The van der Waals surface area contributed by atoms with E-state index in [9.17, 15) is 14.4 Å². The van der Waals surface area contributed by atoms with Crippen LogP contribution in [0.2, 0.25) is 0 Å². The highest BCUT2D eigenvalue weighted by atomic mass is 32.2. The molecule has 4 aromatic rings. The molecular formula is C30H34N4O4S2. The van der Waals surface area contributed by atoms with Crippen LogP contribution >= 0.6 is 23.1 Å². The maximum atomic E-state index is 13.8. The van der Waals surface area contributed by atoms with Crippen LogP contribution in [0.5, 0.6) is 5.75 Å². The molecule has 2 aromatic carbocycles. The fraction of sp³-hybridized carbons (Fsp3) is 0.400. The lowest BCUT2D eigenvalue weighted by atomic mass is 10.2. The Morgan fingerprint density at radius 2 is 1.98 bits per heavy atom. The van der Waals surface area contributed by atoms with E-state index in [2.05, 4.69) is 10.6 Å². The number of hydrogen-bond acceptors (Lipinski definition) is 7. The van der Waals surface area contributed by atoms with Gasteiger partial charge in [0.15, 0.2) is 5.16 Å². The number of aromatic nitrogens is 2. The minimum atomic E-state index is -0.475. The summed E-state index contributed by atoms with van der Waals surface area (Å²) in [5.74, 6) is 0.502. The Bertz CT molecular complexity index is 1580. The molecule has 5 rings (SSSR count). The van der Waals surface area contributed by atoms with E-state index >= 15 is 0 Å². The van der Waals surface area contributed by atoms with Gasteiger partial charge in [0, 0.05) is 40.8 Å². The summed E-state index contributed by atoms with van der Waals surface area (Å²) < 4.78 is 8.51. The standard InChI is InChI=1S/C30H34N4O4S2/c1-3-23(28(36)32-20-12-8-13-21(18-20)38-2)40-30-33-26-22-14-6-7-15-24(22)39-27(26)29(37)34(30)17-9-16-25(35)31-19-10-4-5-11-19/h6-8,12-15,18-19,23H,3-5,9-11,16-17H2,1-2H3,(H,31,35)(H,32,36)/t23-/m1/s1. The molecule has 1 atom stereocenters. The quantitative estimate of drug-likeness (QED) is 0.168. The van der Waals surface area contributed by atoms with E-state index in [4.69, 9.17) is 9.72 Å². The number of nitrogens with one attached hydrogen (secondary N) is 2. The highest BCUT2D eigenvalue weighted by Crippen LogP contribution is 2.33. The van der Waals surface area contributed by atoms with Gasteiger partial charge in [-0.3, -0.25) is 19.0 Å². The number of hydrogen-bond donors (Lipinski definition) is 2. The summed E-state index contributed by atoms with van der Waals surface area (Å²) in [5, 5.41) is 7.04. The molecule has 0 saturated heterocycles. The lowest BCUT2D eigenvalue weighted by molar-refractivity contribution is -0.122. The average molecular weight is 579 g/mol. The highest BCUT2D eigenvalue weighted by molar-refractivity contribution is 8.00. The summed E-state index contributed by atoms with van der Waals surface area (Å²) in [5.41, 5.74) is 1.17. The number of anilines is 1. The molecule has 1 fully saturated rings. The maximum absolute atomic E-state index is 13.8. The van der Waals surface area contributed by atoms with Crippen LogP contribution in [0.1, 0.15) is 51.9 Å². The largest absolute Gasteiger partial charge is 0.497 e. The first-order valence-electron chi connectivity index (χ1n) is 13.8. The molecule has 2 amide bonds. The number of methoxy groups -OCH3 is 1. The second-order valence-electron chi connectivity index (χ2n) is 10.0. The normalized spacial score (nSPS) is 14.4. The number of thioether (sulfide) groups is 1. The van der Waals surface area contributed by atoms with Gasteiger partial charge in [0.1, 0.15) is 10.4 Å². The van der Waals surface area contributed by atoms with E-state index in [1.54, 1.807) is 17.7 Å². The summed E-state index contributed by atoms with van der Waals surface area (Å²) in [6, 6.07) is 15.3. The Morgan fingerprint density at radius 1 is 1.18 bits per heavy atom. The second-order valence-corrected chi connectivity index (χ2v) is 12.2. The molecular weight excluding hydrogens is 544 g/mol. The van der Waals surface area contributed by atoms with E-state index in [0.29, 0.717) is 52.6 Å². The van der Waals surface area contributed by atoms with Crippen LogP contribution < -0.4 is 20.9 Å². The summed E-state index contributed by atoms with van der Waals surface area (Å²) >= 11 is 2.72. The number of rotatable bonds is 11. The van der Waals surface area contributed by atoms with Crippen molar-refractivity contribution in [2.45, 2.75) is 74.9 Å². The zero-order valence-corrected chi connectivity index (χ0v) is 24.4. The Morgan fingerprint density at radius 3 is 2.75 bits per heavy atom. The third kappa shape index (κ3) is 6.33. The minimum absolute atomic E-state index is 0.0224. The van der Waals surface area contributed by atoms with Crippen molar-refractivity contribution in [3.05, 3.63) is 58.9 Å². The molecule has 0 radical (unpaired) electrons. The molecule has 210 valence electrons. The number of carbonyl (C=O) groups is 2. The molecule has 40 heavy (non-hydrogen) atoms. The first-order chi connectivity index (χ1) is 19.5. The predicted molar refractivity (Wildman–Crippen MR) is 163 cm³/mol. The SMILES string of the molecule is CC[C@@H](Sc1nc2c(sc3ccccc32)c(=O)n1CCCC(=O)NC1CCCC1)C(=O)Nc1cccc(OC)c1. The summed E-state index contributed by atoms with van der Waals surface area (Å²) in [6.45, 7) is 2.29. The van der Waals surface area contributed by atoms with E-state index in [1.807, 2.05) is 49.4 Å². The number of benzene rings is 2. The molecule has 1 saturated carbocycles. The molecule has 0 unspecified atom stereocenters. The molecule has 2 N–H and O–H groups in total. The van der Waals surface area contributed by atoms with Crippen LogP contribution in [-0.4, -0.2) is 39.8 Å². The van der Waals surface area contributed by atoms with Gasteiger partial charge in [0.25, 0.3) is 5.56 Å². The molecule has 8 nitrogen and oxygen atoms in total. The van der Waals surface area contributed by atoms with Gasteiger partial charge in [0.05, 0.1) is 17.9 Å². The van der Waals surface area contributed by atoms with Crippen molar-refractivity contribution in [3.8, 4) is 5.75 Å². The van der Waals surface area contributed by atoms with Crippen LogP contribution in [0.15, 0.2) is 58.5 Å². The monoisotopic (exact) mass is 578 g/mol.